The Morgan fingerprint density at radius 2 is 1.94 bits per heavy atom. The van der Waals surface area contributed by atoms with E-state index in [0.29, 0.717) is 13.2 Å². The molecular weight excluding hydrogens is 230 g/mol. The van der Waals surface area contributed by atoms with E-state index in [0.717, 1.165) is 30.8 Å². The van der Waals surface area contributed by atoms with E-state index in [9.17, 15) is 4.79 Å². The predicted molar refractivity (Wildman–Crippen MR) is 69.3 cm³/mol. The Morgan fingerprint density at radius 3 is 2.50 bits per heavy atom. The Bertz CT molecular complexity index is 250. The van der Waals surface area contributed by atoms with Gasteiger partial charge in [-0.3, -0.25) is 0 Å². The van der Waals surface area contributed by atoms with Crippen LogP contribution in [-0.2, 0) is 14.3 Å². The summed E-state index contributed by atoms with van der Waals surface area (Å²) >= 11 is 0. The van der Waals surface area contributed by atoms with Gasteiger partial charge >= 0.3 is 5.97 Å². The van der Waals surface area contributed by atoms with E-state index < -0.39 is 0 Å². The normalized spacial score (nSPS) is 19.2. The van der Waals surface area contributed by atoms with Crippen molar-refractivity contribution in [2.24, 2.45) is 17.8 Å². The quantitative estimate of drug-likeness (QED) is 0.476. The van der Waals surface area contributed by atoms with Gasteiger partial charge in [-0.1, -0.05) is 0 Å². The zero-order chi connectivity index (χ0) is 12.8. The van der Waals surface area contributed by atoms with Crippen LogP contribution < -0.4 is 5.32 Å². The lowest BCUT2D eigenvalue weighted by atomic mass is 9.98. The van der Waals surface area contributed by atoms with Crippen LogP contribution in [0.25, 0.3) is 0 Å². The molecule has 0 aromatic rings. The highest BCUT2D eigenvalue weighted by molar-refractivity contribution is 5.70. The summed E-state index contributed by atoms with van der Waals surface area (Å²) < 4.78 is 10.0. The largest absolute Gasteiger partial charge is 0.464 e. The van der Waals surface area contributed by atoms with E-state index in [2.05, 4.69) is 5.32 Å². The first kappa shape index (κ1) is 13.8. The SMILES string of the molecule is CCOC(=O)COCCNCC(C1CC1)C1CC1. The lowest BCUT2D eigenvalue weighted by Gasteiger charge is -2.16. The predicted octanol–water partition coefficient (Wildman–Crippen LogP) is 1.59. The third-order valence-electron chi connectivity index (χ3n) is 3.78. The van der Waals surface area contributed by atoms with Gasteiger partial charge in [0.05, 0.1) is 13.2 Å². The fourth-order valence-electron chi connectivity index (χ4n) is 2.54. The topological polar surface area (TPSA) is 47.6 Å². The van der Waals surface area contributed by atoms with Gasteiger partial charge in [0.2, 0.25) is 0 Å². The van der Waals surface area contributed by atoms with Crippen LogP contribution in [0.5, 0.6) is 0 Å². The van der Waals surface area contributed by atoms with E-state index >= 15 is 0 Å². The highest BCUT2D eigenvalue weighted by Gasteiger charge is 2.40. The minimum Gasteiger partial charge on any atom is -0.464 e. The molecular formula is C14H25NO3. The van der Waals surface area contributed by atoms with Gasteiger partial charge < -0.3 is 14.8 Å². The van der Waals surface area contributed by atoms with Gasteiger partial charge in [0, 0.05) is 6.54 Å². The van der Waals surface area contributed by atoms with Crippen LogP contribution in [0.3, 0.4) is 0 Å². The molecule has 2 fully saturated rings. The number of ether oxygens (including phenoxy) is 2. The molecule has 0 aromatic heterocycles. The van der Waals surface area contributed by atoms with Crippen LogP contribution in [0.1, 0.15) is 32.6 Å². The van der Waals surface area contributed by atoms with Crippen molar-refractivity contribution in [3.63, 3.8) is 0 Å². The standard InChI is InChI=1S/C14H25NO3/c1-2-18-14(16)10-17-8-7-15-9-13(11-3-4-11)12-5-6-12/h11-13,15H,2-10H2,1H3. The maximum absolute atomic E-state index is 11.0. The summed E-state index contributed by atoms with van der Waals surface area (Å²) in [6, 6.07) is 0. The van der Waals surface area contributed by atoms with Gasteiger partial charge in [0.25, 0.3) is 0 Å². The minimum atomic E-state index is -0.272. The fraction of sp³-hybridized carbons (Fsp3) is 0.929. The van der Waals surface area contributed by atoms with Crippen LogP contribution in [0.15, 0.2) is 0 Å². The summed E-state index contributed by atoms with van der Waals surface area (Å²) in [6.45, 7) is 4.83. The fourth-order valence-corrected chi connectivity index (χ4v) is 2.54. The Labute approximate surface area is 109 Å². The van der Waals surface area contributed by atoms with Gasteiger partial charge in [-0.25, -0.2) is 4.79 Å². The second-order valence-electron chi connectivity index (χ2n) is 5.40. The zero-order valence-corrected chi connectivity index (χ0v) is 11.3. The maximum Gasteiger partial charge on any atom is 0.332 e. The Balaban J connectivity index is 1.44. The highest BCUT2D eigenvalue weighted by Crippen LogP contribution is 2.48. The molecule has 2 aliphatic rings. The summed E-state index contributed by atoms with van der Waals surface area (Å²) in [5.74, 6) is 2.61. The molecule has 4 nitrogen and oxygen atoms in total. The number of nitrogens with one attached hydrogen (secondary N) is 1. The minimum absolute atomic E-state index is 0.0736. The molecule has 4 heteroatoms. The number of hydrogen-bond acceptors (Lipinski definition) is 4. The second-order valence-corrected chi connectivity index (χ2v) is 5.40. The van der Waals surface area contributed by atoms with Gasteiger partial charge in [-0.05, 0) is 56.9 Å². The third kappa shape index (κ3) is 4.94. The molecule has 1 N–H and O–H groups in total. The molecule has 0 bridgehead atoms. The molecule has 2 rings (SSSR count). The lowest BCUT2D eigenvalue weighted by Crippen LogP contribution is -2.29. The molecule has 2 aliphatic carbocycles. The van der Waals surface area contributed by atoms with Crippen LogP contribution >= 0.6 is 0 Å². The number of esters is 1. The van der Waals surface area contributed by atoms with Crippen molar-refractivity contribution in [2.75, 3.05) is 32.9 Å². The van der Waals surface area contributed by atoms with Crippen LogP contribution in [0.4, 0.5) is 0 Å². The van der Waals surface area contributed by atoms with Crippen LogP contribution in [0.2, 0.25) is 0 Å². The van der Waals surface area contributed by atoms with Gasteiger partial charge in [0.15, 0.2) is 0 Å². The lowest BCUT2D eigenvalue weighted by molar-refractivity contribution is -0.148. The smallest absolute Gasteiger partial charge is 0.332 e. The average Bonchev–Trinajstić information content (AvgIpc) is 3.21. The summed E-state index contributed by atoms with van der Waals surface area (Å²) in [6.07, 6.45) is 5.73. The van der Waals surface area contributed by atoms with Crippen molar-refractivity contribution in [3.8, 4) is 0 Å². The van der Waals surface area contributed by atoms with Gasteiger partial charge in [0.1, 0.15) is 6.61 Å². The molecule has 0 heterocycles. The number of carbonyl (C=O) groups excluding carboxylic acids is 1. The van der Waals surface area contributed by atoms with Crippen molar-refractivity contribution in [2.45, 2.75) is 32.6 Å². The molecule has 104 valence electrons. The van der Waals surface area contributed by atoms with E-state index in [4.69, 9.17) is 9.47 Å². The Morgan fingerprint density at radius 1 is 1.28 bits per heavy atom. The molecule has 0 saturated heterocycles. The second kappa shape index (κ2) is 7.10. The summed E-state index contributed by atoms with van der Waals surface area (Å²) in [5, 5.41) is 3.46. The van der Waals surface area contributed by atoms with Crippen molar-refractivity contribution in [1.29, 1.82) is 0 Å². The highest BCUT2D eigenvalue weighted by atomic mass is 16.6. The molecule has 0 atom stereocenters. The summed E-state index contributed by atoms with van der Waals surface area (Å²) in [7, 11) is 0. The van der Waals surface area contributed by atoms with E-state index in [1.165, 1.54) is 25.7 Å². The molecule has 0 amide bonds. The molecule has 0 radical (unpaired) electrons. The van der Waals surface area contributed by atoms with E-state index in [-0.39, 0.29) is 12.6 Å². The first-order valence-corrected chi connectivity index (χ1v) is 7.25. The zero-order valence-electron chi connectivity index (χ0n) is 11.3. The molecule has 0 unspecified atom stereocenters. The van der Waals surface area contributed by atoms with Crippen molar-refractivity contribution in [1.82, 2.24) is 5.32 Å². The van der Waals surface area contributed by atoms with Crippen LogP contribution in [0, 0.1) is 17.8 Å². The van der Waals surface area contributed by atoms with Crippen LogP contribution in [-0.4, -0.2) is 38.9 Å². The van der Waals surface area contributed by atoms with E-state index in [1.807, 2.05) is 0 Å². The number of rotatable bonds is 10. The van der Waals surface area contributed by atoms with Gasteiger partial charge in [-0.15, -0.1) is 0 Å². The third-order valence-corrected chi connectivity index (χ3v) is 3.78. The molecule has 18 heavy (non-hydrogen) atoms. The number of hydrogen-bond donors (Lipinski definition) is 1. The molecule has 0 aromatic carbocycles. The van der Waals surface area contributed by atoms with E-state index in [1.54, 1.807) is 6.92 Å². The summed E-state index contributed by atoms with van der Waals surface area (Å²) in [5.41, 5.74) is 0. The number of carbonyl (C=O) groups is 1. The maximum atomic E-state index is 11.0. The molecule has 0 spiro atoms. The first-order chi connectivity index (χ1) is 8.81. The van der Waals surface area contributed by atoms with Crippen molar-refractivity contribution >= 4 is 5.97 Å². The van der Waals surface area contributed by atoms with Crippen molar-refractivity contribution < 1.29 is 14.3 Å². The molecule has 2 saturated carbocycles. The Hall–Kier alpha value is -0.610. The van der Waals surface area contributed by atoms with Crippen molar-refractivity contribution in [3.05, 3.63) is 0 Å². The Kier molecular flexibility index (Phi) is 5.45. The monoisotopic (exact) mass is 255 g/mol. The first-order valence-electron chi connectivity index (χ1n) is 7.25. The molecule has 0 aliphatic heterocycles. The average molecular weight is 255 g/mol. The summed E-state index contributed by atoms with van der Waals surface area (Å²) in [4.78, 5) is 11.0. The van der Waals surface area contributed by atoms with Gasteiger partial charge in [-0.2, -0.15) is 0 Å².